The summed E-state index contributed by atoms with van der Waals surface area (Å²) in [5.74, 6) is -0.306. The van der Waals surface area contributed by atoms with E-state index in [1.165, 1.54) is 48.5 Å². The molecular formula is C32H26Na2O10S2. The predicted octanol–water partition coefficient (Wildman–Crippen LogP) is -0.309. The first-order valence-electron chi connectivity index (χ1n) is 12.6. The molecule has 0 saturated carbocycles. The van der Waals surface area contributed by atoms with E-state index in [0.717, 1.165) is 21.5 Å². The molecule has 6 aromatic carbocycles. The SMILES string of the molecule is O=S(=O)([O-])c1ccc2ccccc2c1.O=S(=O)([O-])c1ccc2ccccc2c1.Oc1ccccc1O.Oc1ccccc1O.[Na+].[Na+]. The summed E-state index contributed by atoms with van der Waals surface area (Å²) in [5, 5.41) is 38.0. The maximum atomic E-state index is 10.7. The summed E-state index contributed by atoms with van der Waals surface area (Å²) in [5.41, 5.74) is 0. The Labute approximate surface area is 310 Å². The van der Waals surface area contributed by atoms with Crippen LogP contribution in [0.25, 0.3) is 21.5 Å². The summed E-state index contributed by atoms with van der Waals surface area (Å²) in [6.45, 7) is 0. The van der Waals surface area contributed by atoms with Crippen molar-refractivity contribution in [2.75, 3.05) is 0 Å². The fourth-order valence-electron chi connectivity index (χ4n) is 3.57. The topological polar surface area (TPSA) is 195 Å². The van der Waals surface area contributed by atoms with E-state index in [0.29, 0.717) is 0 Å². The van der Waals surface area contributed by atoms with Gasteiger partial charge < -0.3 is 29.5 Å². The Balaban J connectivity index is 0.000000312. The number of benzene rings is 6. The fourth-order valence-corrected chi connectivity index (χ4v) is 4.59. The maximum absolute atomic E-state index is 10.7. The van der Waals surface area contributed by atoms with E-state index < -0.39 is 20.2 Å². The van der Waals surface area contributed by atoms with Gasteiger partial charge in [-0.25, -0.2) is 16.8 Å². The zero-order valence-electron chi connectivity index (χ0n) is 24.8. The van der Waals surface area contributed by atoms with E-state index >= 15 is 0 Å². The molecule has 4 N–H and O–H groups in total. The van der Waals surface area contributed by atoms with Crippen LogP contribution < -0.4 is 59.1 Å². The second kappa shape index (κ2) is 18.9. The number of phenols is 4. The summed E-state index contributed by atoms with van der Waals surface area (Å²) in [6, 6.07) is 35.5. The van der Waals surface area contributed by atoms with Gasteiger partial charge in [0.25, 0.3) is 0 Å². The van der Waals surface area contributed by atoms with Crippen LogP contribution in [-0.4, -0.2) is 46.4 Å². The van der Waals surface area contributed by atoms with Gasteiger partial charge in [0.05, 0.1) is 9.79 Å². The Hall–Kier alpha value is -3.14. The molecule has 0 unspecified atom stereocenters. The average Bonchev–Trinajstić information content (AvgIpc) is 3.00. The summed E-state index contributed by atoms with van der Waals surface area (Å²) >= 11 is 0. The van der Waals surface area contributed by atoms with Crippen LogP contribution in [0.2, 0.25) is 0 Å². The molecule has 0 fully saturated rings. The van der Waals surface area contributed by atoms with Crippen molar-refractivity contribution in [2.24, 2.45) is 0 Å². The molecule has 0 spiro atoms. The molecule has 0 bridgehead atoms. The molecule has 0 aliphatic rings. The molecule has 228 valence electrons. The number of hydrogen-bond donors (Lipinski definition) is 4. The quantitative estimate of drug-likeness (QED) is 0.107. The van der Waals surface area contributed by atoms with Gasteiger partial charge in [-0.3, -0.25) is 0 Å². The Morgan fingerprint density at radius 1 is 0.370 bits per heavy atom. The van der Waals surface area contributed by atoms with E-state index in [1.807, 2.05) is 24.3 Å². The van der Waals surface area contributed by atoms with Crippen molar-refractivity contribution in [2.45, 2.75) is 9.79 Å². The smallest absolute Gasteiger partial charge is 0.744 e. The number of aromatic hydroxyl groups is 4. The molecule has 6 aromatic rings. The number of phenolic OH excluding ortho intramolecular Hbond substituents is 4. The normalized spacial score (nSPS) is 10.3. The number of rotatable bonds is 2. The van der Waals surface area contributed by atoms with Gasteiger partial charge in [-0.2, -0.15) is 0 Å². The average molecular weight is 681 g/mol. The van der Waals surface area contributed by atoms with Crippen molar-refractivity contribution >= 4 is 41.8 Å². The van der Waals surface area contributed by atoms with Gasteiger partial charge in [0, 0.05) is 0 Å². The van der Waals surface area contributed by atoms with E-state index in [9.17, 15) is 25.9 Å². The zero-order chi connectivity index (χ0) is 32.3. The van der Waals surface area contributed by atoms with Crippen molar-refractivity contribution in [3.8, 4) is 23.0 Å². The zero-order valence-corrected chi connectivity index (χ0v) is 30.4. The Morgan fingerprint density at radius 2 is 0.609 bits per heavy atom. The van der Waals surface area contributed by atoms with Crippen LogP contribution in [0.5, 0.6) is 23.0 Å². The first-order chi connectivity index (χ1) is 20.8. The van der Waals surface area contributed by atoms with Crippen LogP contribution in [0.15, 0.2) is 143 Å². The Morgan fingerprint density at radius 3 is 0.848 bits per heavy atom. The largest absolute Gasteiger partial charge is 1.00 e. The van der Waals surface area contributed by atoms with Crippen LogP contribution in [0.1, 0.15) is 0 Å². The van der Waals surface area contributed by atoms with Crippen LogP contribution in [0.3, 0.4) is 0 Å². The molecule has 0 heterocycles. The van der Waals surface area contributed by atoms with E-state index in [-0.39, 0.29) is 91.9 Å². The summed E-state index contributed by atoms with van der Waals surface area (Å²) < 4.78 is 64.3. The van der Waals surface area contributed by atoms with Crippen LogP contribution in [0, 0.1) is 0 Å². The summed E-state index contributed by atoms with van der Waals surface area (Å²) in [6.07, 6.45) is 0. The van der Waals surface area contributed by atoms with Crippen LogP contribution in [-0.2, 0) is 20.2 Å². The van der Waals surface area contributed by atoms with Crippen LogP contribution >= 0.6 is 0 Å². The molecule has 0 radical (unpaired) electrons. The second-order valence-corrected chi connectivity index (χ2v) is 11.7. The molecule has 0 aromatic heterocycles. The van der Waals surface area contributed by atoms with Crippen LogP contribution in [0.4, 0.5) is 0 Å². The van der Waals surface area contributed by atoms with Crippen molar-refractivity contribution in [1.82, 2.24) is 0 Å². The van der Waals surface area contributed by atoms with Crippen molar-refractivity contribution in [3.63, 3.8) is 0 Å². The monoisotopic (exact) mass is 680 g/mol. The number of para-hydroxylation sites is 4. The predicted molar refractivity (Wildman–Crippen MR) is 163 cm³/mol. The fraction of sp³-hybridized carbons (Fsp3) is 0. The molecule has 46 heavy (non-hydrogen) atoms. The molecule has 0 aliphatic carbocycles. The van der Waals surface area contributed by atoms with Gasteiger partial charge in [-0.1, -0.05) is 84.9 Å². The van der Waals surface area contributed by atoms with Gasteiger partial charge >= 0.3 is 59.1 Å². The van der Waals surface area contributed by atoms with Crippen molar-refractivity contribution in [3.05, 3.63) is 133 Å². The standard InChI is InChI=1S/2C10H8O3S.2C6H6O2.2Na/c2*11-14(12,13)10-6-5-8-3-1-2-4-9(8)7-10;2*7-5-3-1-2-4-6(5)8;;/h2*1-7H,(H,11,12,13);2*1-4,7-8H;;/q;;;;2*+1/p-2. The number of fused-ring (bicyclic) bond motifs is 2. The van der Waals surface area contributed by atoms with Crippen molar-refractivity contribution < 1.29 is 105 Å². The van der Waals surface area contributed by atoms with Crippen molar-refractivity contribution in [1.29, 1.82) is 0 Å². The molecule has 0 atom stereocenters. The van der Waals surface area contributed by atoms with Gasteiger partial charge in [0.2, 0.25) is 0 Å². The molecule has 0 amide bonds. The molecule has 10 nitrogen and oxygen atoms in total. The van der Waals surface area contributed by atoms with Gasteiger partial charge in [-0.05, 0) is 70.1 Å². The third-order valence-corrected chi connectivity index (χ3v) is 7.45. The molecule has 0 saturated heterocycles. The summed E-state index contributed by atoms with van der Waals surface area (Å²) in [7, 11) is -8.69. The molecule has 0 aliphatic heterocycles. The van der Waals surface area contributed by atoms with Gasteiger partial charge in [-0.15, -0.1) is 0 Å². The molecule has 6 rings (SSSR count). The van der Waals surface area contributed by atoms with E-state index in [2.05, 4.69) is 0 Å². The van der Waals surface area contributed by atoms with E-state index in [4.69, 9.17) is 20.4 Å². The third-order valence-electron chi connectivity index (χ3n) is 5.78. The Kier molecular flexibility index (Phi) is 16.8. The molecular weight excluding hydrogens is 654 g/mol. The van der Waals surface area contributed by atoms with Gasteiger partial charge in [0.15, 0.2) is 23.0 Å². The molecule has 14 heteroatoms. The third kappa shape index (κ3) is 12.9. The van der Waals surface area contributed by atoms with E-state index in [1.54, 1.807) is 60.7 Å². The first-order valence-corrected chi connectivity index (χ1v) is 15.4. The minimum absolute atomic E-state index is 0. The summed E-state index contributed by atoms with van der Waals surface area (Å²) in [4.78, 5) is -0.368. The Bertz CT molecular complexity index is 1900. The number of hydrogen-bond acceptors (Lipinski definition) is 10. The van der Waals surface area contributed by atoms with Gasteiger partial charge in [0.1, 0.15) is 20.2 Å². The second-order valence-electron chi connectivity index (χ2n) is 8.90. The minimum Gasteiger partial charge on any atom is -0.744 e. The maximum Gasteiger partial charge on any atom is 1.00 e. The minimum atomic E-state index is -4.34. The first kappa shape index (κ1) is 40.9.